The van der Waals surface area contributed by atoms with Gasteiger partial charge in [-0.3, -0.25) is 0 Å². The van der Waals surface area contributed by atoms with Crippen molar-refractivity contribution >= 4 is 43.6 Å². The third-order valence-electron chi connectivity index (χ3n) is 14.7. The van der Waals surface area contributed by atoms with Crippen molar-refractivity contribution in [1.82, 2.24) is 9.13 Å². The van der Waals surface area contributed by atoms with Gasteiger partial charge in [0.1, 0.15) is 5.56 Å². The maximum atomic E-state index is 17.2. The van der Waals surface area contributed by atoms with Crippen molar-refractivity contribution in [2.75, 3.05) is 0 Å². The molecule has 0 fully saturated rings. The standard InChI is InChI=1S/C65H42F8N2/c1-35-13-5-9-17-44(35)39-21-25-48-49-26-22-40(45-18-10-6-14-36(45)2)30-53(49)74(52(48)29-39)56-33-43(58-60(66)62(68)64(70)63(69)61(58)67)34-57(59(56)65(71,72)73)75-54-31-41(46-19-11-7-15-37(46)3)23-27-50(54)51-28-24-42(32-55(51)75)47-20-12-8-16-38(47)4/h5-34H,1-4H3. The van der Waals surface area contributed by atoms with Crippen molar-refractivity contribution in [3.8, 4) is 67.0 Å². The van der Waals surface area contributed by atoms with Crippen molar-refractivity contribution in [3.63, 3.8) is 0 Å². The summed E-state index contributed by atoms with van der Waals surface area (Å²) >= 11 is 0. The molecule has 0 atom stereocenters. The number of hydrogen-bond acceptors (Lipinski definition) is 0. The summed E-state index contributed by atoms with van der Waals surface area (Å²) in [5, 5.41) is 2.21. The topological polar surface area (TPSA) is 9.86 Å². The summed E-state index contributed by atoms with van der Waals surface area (Å²) in [7, 11) is 0. The van der Waals surface area contributed by atoms with Crippen LogP contribution < -0.4 is 0 Å². The summed E-state index contributed by atoms with van der Waals surface area (Å²) < 4.78 is 134. The molecule has 2 aromatic heterocycles. The van der Waals surface area contributed by atoms with Gasteiger partial charge in [0.25, 0.3) is 0 Å². The Morgan fingerprint density at radius 1 is 0.307 bits per heavy atom. The lowest BCUT2D eigenvalue weighted by Gasteiger charge is -2.24. The highest BCUT2D eigenvalue weighted by Crippen LogP contribution is 2.49. The van der Waals surface area contributed by atoms with Crippen LogP contribution in [0.4, 0.5) is 35.1 Å². The Labute approximate surface area is 426 Å². The van der Waals surface area contributed by atoms with Crippen molar-refractivity contribution in [2.24, 2.45) is 0 Å². The first-order valence-corrected chi connectivity index (χ1v) is 24.3. The molecular weight excluding hydrogens is 961 g/mol. The molecule has 0 spiro atoms. The number of hydrogen-bond donors (Lipinski definition) is 0. The van der Waals surface area contributed by atoms with E-state index in [-0.39, 0.29) is 0 Å². The van der Waals surface area contributed by atoms with Gasteiger partial charge in [0.2, 0.25) is 5.82 Å². The molecule has 2 nitrogen and oxygen atoms in total. The van der Waals surface area contributed by atoms with E-state index < -0.39 is 63.3 Å². The van der Waals surface area contributed by atoms with Gasteiger partial charge in [0.15, 0.2) is 23.3 Å². The van der Waals surface area contributed by atoms with Crippen LogP contribution in [0.3, 0.4) is 0 Å². The monoisotopic (exact) mass is 1000 g/mol. The Morgan fingerprint density at radius 3 is 0.840 bits per heavy atom. The second-order valence-electron chi connectivity index (χ2n) is 19.2. The van der Waals surface area contributed by atoms with Gasteiger partial charge in [-0.25, -0.2) is 22.0 Å². The minimum absolute atomic E-state index is 0.296. The molecule has 0 bridgehead atoms. The van der Waals surface area contributed by atoms with Gasteiger partial charge in [0.05, 0.1) is 39.0 Å². The van der Waals surface area contributed by atoms with Gasteiger partial charge in [-0.2, -0.15) is 13.2 Å². The van der Waals surface area contributed by atoms with Crippen LogP contribution in [0.5, 0.6) is 0 Å². The van der Waals surface area contributed by atoms with E-state index in [4.69, 9.17) is 0 Å². The van der Waals surface area contributed by atoms with E-state index in [1.165, 1.54) is 9.13 Å². The number of nitrogens with zero attached hydrogens (tertiary/aromatic N) is 2. The highest BCUT2D eigenvalue weighted by molar-refractivity contribution is 6.13. The maximum Gasteiger partial charge on any atom is 0.420 e. The van der Waals surface area contributed by atoms with E-state index in [2.05, 4.69) is 0 Å². The lowest BCUT2D eigenvalue weighted by Crippen LogP contribution is -2.16. The molecule has 0 aliphatic carbocycles. The Morgan fingerprint density at radius 2 is 0.573 bits per heavy atom. The van der Waals surface area contributed by atoms with E-state index >= 15 is 30.7 Å². The number of benzene rings is 10. The number of fused-ring (bicyclic) bond motifs is 6. The van der Waals surface area contributed by atoms with Gasteiger partial charge >= 0.3 is 6.18 Å². The molecule has 2 heterocycles. The molecule has 0 aliphatic rings. The van der Waals surface area contributed by atoms with Crippen molar-refractivity contribution in [2.45, 2.75) is 33.9 Å². The molecular formula is C65H42F8N2. The Hall–Kier alpha value is -8.76. The minimum Gasteiger partial charge on any atom is -0.308 e. The summed E-state index contributed by atoms with van der Waals surface area (Å²) in [6.07, 6.45) is -5.24. The zero-order valence-corrected chi connectivity index (χ0v) is 40.7. The predicted octanol–water partition coefficient (Wildman–Crippen LogP) is 19.2. The zero-order chi connectivity index (χ0) is 52.2. The van der Waals surface area contributed by atoms with E-state index in [0.717, 1.165) is 56.6 Å². The third kappa shape index (κ3) is 7.60. The first-order chi connectivity index (χ1) is 36.1. The highest BCUT2D eigenvalue weighted by Gasteiger charge is 2.41. The van der Waals surface area contributed by atoms with E-state index in [0.29, 0.717) is 65.9 Å². The second-order valence-corrected chi connectivity index (χ2v) is 19.2. The fourth-order valence-corrected chi connectivity index (χ4v) is 11.1. The summed E-state index contributed by atoms with van der Waals surface area (Å²) in [6, 6.07) is 54.1. The van der Waals surface area contributed by atoms with Crippen LogP contribution in [0.2, 0.25) is 0 Å². The third-order valence-corrected chi connectivity index (χ3v) is 14.7. The fraction of sp³-hybridized carbons (Fsp3) is 0.0769. The number of rotatable bonds is 7. The van der Waals surface area contributed by atoms with Crippen LogP contribution >= 0.6 is 0 Å². The summed E-state index contributed by atoms with van der Waals surface area (Å²) in [5.41, 5.74) is 6.18. The zero-order valence-electron chi connectivity index (χ0n) is 40.7. The fourth-order valence-electron chi connectivity index (χ4n) is 11.1. The van der Waals surface area contributed by atoms with Gasteiger partial charge in [-0.1, -0.05) is 146 Å². The smallest absolute Gasteiger partial charge is 0.308 e. The number of halogens is 8. The average Bonchev–Trinajstić information content (AvgIpc) is 3.96. The van der Waals surface area contributed by atoms with Crippen LogP contribution in [0.15, 0.2) is 182 Å². The Balaban J connectivity index is 1.30. The molecule has 0 saturated heterocycles. The largest absolute Gasteiger partial charge is 0.420 e. The number of aromatic nitrogens is 2. The van der Waals surface area contributed by atoms with E-state index in [1.807, 2.05) is 173 Å². The molecule has 12 aromatic rings. The van der Waals surface area contributed by atoms with Crippen LogP contribution in [-0.2, 0) is 6.18 Å². The van der Waals surface area contributed by atoms with Crippen LogP contribution in [-0.4, -0.2) is 9.13 Å². The number of alkyl halides is 3. The van der Waals surface area contributed by atoms with Crippen molar-refractivity contribution in [1.29, 1.82) is 0 Å². The molecule has 0 unspecified atom stereocenters. The molecule has 0 radical (unpaired) electrons. The lowest BCUT2D eigenvalue weighted by atomic mass is 9.97. The van der Waals surface area contributed by atoms with Gasteiger partial charge in [0, 0.05) is 21.5 Å². The summed E-state index contributed by atoms with van der Waals surface area (Å²) in [6.45, 7) is 7.69. The van der Waals surface area contributed by atoms with E-state index in [9.17, 15) is 4.39 Å². The molecule has 10 aromatic carbocycles. The average molecular weight is 1000 g/mol. The second kappa shape index (κ2) is 17.7. The SMILES string of the molecule is Cc1ccccc1-c1ccc2c3ccc(-c4ccccc4C)cc3n(-c3cc(-c4c(F)c(F)c(F)c(F)c4F)cc(-n4c5cc(-c6ccccc6C)ccc5c5ccc(-c6ccccc6C)cc54)c3C(F)(F)F)c2c1. The molecule has 0 N–H and O–H groups in total. The van der Waals surface area contributed by atoms with Crippen LogP contribution in [0, 0.1) is 56.8 Å². The highest BCUT2D eigenvalue weighted by atomic mass is 19.4. The summed E-state index contributed by atoms with van der Waals surface area (Å²) in [5.74, 6) is -11.3. The first kappa shape index (κ1) is 47.3. The molecule has 0 saturated carbocycles. The van der Waals surface area contributed by atoms with Crippen LogP contribution in [0.25, 0.3) is 111 Å². The molecule has 368 valence electrons. The molecule has 75 heavy (non-hydrogen) atoms. The lowest BCUT2D eigenvalue weighted by molar-refractivity contribution is -0.137. The summed E-state index contributed by atoms with van der Waals surface area (Å²) in [4.78, 5) is 0. The van der Waals surface area contributed by atoms with Crippen molar-refractivity contribution < 1.29 is 35.1 Å². The molecule has 0 amide bonds. The Bertz CT molecular complexity index is 3880. The van der Waals surface area contributed by atoms with Gasteiger partial charge < -0.3 is 9.13 Å². The molecule has 12 rings (SSSR count). The maximum absolute atomic E-state index is 17.2. The molecule has 0 aliphatic heterocycles. The van der Waals surface area contributed by atoms with Gasteiger partial charge in [-0.05, 0) is 136 Å². The Kier molecular flexibility index (Phi) is 11.2. The minimum atomic E-state index is -5.24. The molecule has 10 heteroatoms. The quantitative estimate of drug-likeness (QED) is 0.0855. The predicted molar refractivity (Wildman–Crippen MR) is 286 cm³/mol. The number of aryl methyl sites for hydroxylation is 4. The first-order valence-electron chi connectivity index (χ1n) is 24.3. The van der Waals surface area contributed by atoms with Crippen molar-refractivity contribution in [3.05, 3.63) is 239 Å². The van der Waals surface area contributed by atoms with Gasteiger partial charge in [-0.15, -0.1) is 0 Å². The van der Waals surface area contributed by atoms with E-state index in [1.54, 1.807) is 24.3 Å². The normalized spacial score (nSPS) is 12.0. The van der Waals surface area contributed by atoms with Crippen LogP contribution in [0.1, 0.15) is 27.8 Å².